The predicted octanol–water partition coefficient (Wildman–Crippen LogP) is 3.31. The summed E-state index contributed by atoms with van der Waals surface area (Å²) in [5.41, 5.74) is 0.168. The summed E-state index contributed by atoms with van der Waals surface area (Å²) in [6.45, 7) is 0.709. The Kier molecular flexibility index (Phi) is 5.06. The third-order valence-electron chi connectivity index (χ3n) is 5.58. The number of hydrogen-bond acceptors (Lipinski definition) is 4. The van der Waals surface area contributed by atoms with Crippen LogP contribution in [-0.4, -0.2) is 41.1 Å². The highest BCUT2D eigenvalue weighted by atomic mass is 35.5. The summed E-state index contributed by atoms with van der Waals surface area (Å²) in [5, 5.41) is 12.0. The molecule has 2 aromatic carbocycles. The molecule has 0 atom stereocenters. The molecule has 1 saturated heterocycles. The summed E-state index contributed by atoms with van der Waals surface area (Å²) < 4.78 is 5.18. The van der Waals surface area contributed by atoms with Crippen molar-refractivity contribution in [3.63, 3.8) is 0 Å². The number of amides is 1. The number of fused-ring (bicyclic) bond motifs is 1. The first-order valence-electron chi connectivity index (χ1n) is 9.38. The van der Waals surface area contributed by atoms with Crippen LogP contribution in [0.15, 0.2) is 53.5 Å². The van der Waals surface area contributed by atoms with Gasteiger partial charge in [0, 0.05) is 35.2 Å². The molecule has 29 heavy (non-hydrogen) atoms. The first kappa shape index (κ1) is 19.5. The van der Waals surface area contributed by atoms with E-state index in [9.17, 15) is 14.7 Å². The van der Waals surface area contributed by atoms with Gasteiger partial charge in [0.1, 0.15) is 11.3 Å². The summed E-state index contributed by atoms with van der Waals surface area (Å²) in [5.74, 6) is 0.215. The summed E-state index contributed by atoms with van der Waals surface area (Å²) in [7, 11) is 1.53. The van der Waals surface area contributed by atoms with E-state index in [1.165, 1.54) is 13.3 Å². The minimum Gasteiger partial charge on any atom is -0.497 e. The van der Waals surface area contributed by atoms with E-state index in [1.807, 2.05) is 0 Å². The van der Waals surface area contributed by atoms with Gasteiger partial charge in [-0.3, -0.25) is 9.59 Å². The fourth-order valence-corrected chi connectivity index (χ4v) is 3.91. The number of hydrogen-bond donors (Lipinski definition) is 2. The maximum atomic E-state index is 13.0. The van der Waals surface area contributed by atoms with Crippen molar-refractivity contribution in [2.24, 2.45) is 0 Å². The van der Waals surface area contributed by atoms with Crippen LogP contribution in [0.5, 0.6) is 5.75 Å². The number of carbonyl (C=O) groups excluding carboxylic acids is 1. The highest BCUT2D eigenvalue weighted by Gasteiger charge is 2.36. The number of ether oxygens (including phenoxy) is 1. The van der Waals surface area contributed by atoms with Gasteiger partial charge in [-0.05, 0) is 48.7 Å². The number of H-pyrrole nitrogens is 1. The average molecular weight is 413 g/mol. The van der Waals surface area contributed by atoms with Crippen LogP contribution in [-0.2, 0) is 5.60 Å². The smallest absolute Gasteiger partial charge is 0.259 e. The molecule has 150 valence electrons. The molecule has 0 bridgehead atoms. The zero-order chi connectivity index (χ0) is 20.6. The number of aromatic amines is 1. The molecule has 1 aromatic heterocycles. The van der Waals surface area contributed by atoms with Crippen molar-refractivity contribution >= 4 is 28.4 Å². The fraction of sp³-hybridized carbons (Fsp3) is 0.273. The Bertz CT molecular complexity index is 1120. The number of halogens is 1. The van der Waals surface area contributed by atoms with Crippen LogP contribution in [0.1, 0.15) is 28.8 Å². The van der Waals surface area contributed by atoms with Gasteiger partial charge < -0.3 is 19.7 Å². The maximum Gasteiger partial charge on any atom is 0.259 e. The fourth-order valence-electron chi connectivity index (χ4n) is 3.78. The van der Waals surface area contributed by atoms with Crippen molar-refractivity contribution in [2.45, 2.75) is 18.4 Å². The second-order valence-corrected chi connectivity index (χ2v) is 7.71. The molecule has 1 aliphatic heterocycles. The van der Waals surface area contributed by atoms with Crippen molar-refractivity contribution in [1.29, 1.82) is 0 Å². The molecule has 7 heteroatoms. The van der Waals surface area contributed by atoms with Crippen LogP contribution in [0.3, 0.4) is 0 Å². The van der Waals surface area contributed by atoms with E-state index >= 15 is 0 Å². The van der Waals surface area contributed by atoms with Crippen LogP contribution in [0, 0.1) is 0 Å². The topological polar surface area (TPSA) is 82.6 Å². The van der Waals surface area contributed by atoms with E-state index in [2.05, 4.69) is 4.98 Å². The van der Waals surface area contributed by atoms with E-state index in [0.29, 0.717) is 47.6 Å². The molecule has 1 aliphatic rings. The molecule has 1 fully saturated rings. The molecule has 0 aliphatic carbocycles. The summed E-state index contributed by atoms with van der Waals surface area (Å²) in [4.78, 5) is 30.5. The van der Waals surface area contributed by atoms with Crippen molar-refractivity contribution < 1.29 is 14.6 Å². The lowest BCUT2D eigenvalue weighted by Gasteiger charge is -2.38. The number of benzene rings is 2. The Morgan fingerprint density at radius 3 is 2.52 bits per heavy atom. The summed E-state index contributed by atoms with van der Waals surface area (Å²) in [6.07, 6.45) is 2.23. The number of carbonyl (C=O) groups is 1. The number of nitrogens with one attached hydrogen (secondary N) is 1. The Morgan fingerprint density at radius 1 is 1.17 bits per heavy atom. The van der Waals surface area contributed by atoms with Crippen molar-refractivity contribution in [3.05, 3.63) is 75.0 Å². The number of pyridine rings is 1. The molecule has 0 radical (unpaired) electrons. The zero-order valence-corrected chi connectivity index (χ0v) is 16.7. The van der Waals surface area contributed by atoms with Crippen molar-refractivity contribution in [2.75, 3.05) is 20.2 Å². The second kappa shape index (κ2) is 7.54. The third kappa shape index (κ3) is 3.61. The molecule has 0 spiro atoms. The van der Waals surface area contributed by atoms with Gasteiger partial charge in [0.2, 0.25) is 5.43 Å². The number of methoxy groups -OCH3 is 1. The van der Waals surface area contributed by atoms with Gasteiger partial charge >= 0.3 is 0 Å². The van der Waals surface area contributed by atoms with E-state index in [0.717, 1.165) is 5.56 Å². The van der Waals surface area contributed by atoms with Crippen LogP contribution in [0.25, 0.3) is 10.9 Å². The molecule has 1 amide bonds. The van der Waals surface area contributed by atoms with Gasteiger partial charge in [-0.15, -0.1) is 0 Å². The monoisotopic (exact) mass is 412 g/mol. The number of aromatic nitrogens is 1. The number of piperidine rings is 1. The number of aliphatic hydroxyl groups is 1. The number of nitrogens with zero attached hydrogens (tertiary/aromatic N) is 1. The quantitative estimate of drug-likeness (QED) is 0.691. The third-order valence-corrected chi connectivity index (χ3v) is 5.83. The normalized spacial score (nSPS) is 16.0. The largest absolute Gasteiger partial charge is 0.497 e. The highest BCUT2D eigenvalue weighted by Crippen LogP contribution is 2.33. The lowest BCUT2D eigenvalue weighted by molar-refractivity contribution is -0.0211. The van der Waals surface area contributed by atoms with Gasteiger partial charge in [0.15, 0.2) is 0 Å². The van der Waals surface area contributed by atoms with Crippen molar-refractivity contribution in [3.8, 4) is 5.75 Å². The summed E-state index contributed by atoms with van der Waals surface area (Å²) in [6, 6.07) is 12.2. The number of likely N-dealkylation sites (tertiary alicyclic amines) is 1. The van der Waals surface area contributed by atoms with Crippen molar-refractivity contribution in [1.82, 2.24) is 9.88 Å². The first-order chi connectivity index (χ1) is 13.9. The van der Waals surface area contributed by atoms with Gasteiger partial charge in [-0.1, -0.05) is 23.7 Å². The molecular formula is C22H21ClN2O4. The maximum absolute atomic E-state index is 13.0. The van der Waals surface area contributed by atoms with Gasteiger partial charge in [-0.25, -0.2) is 0 Å². The Hall–Kier alpha value is -2.83. The van der Waals surface area contributed by atoms with Gasteiger partial charge in [-0.2, -0.15) is 0 Å². The molecule has 2 heterocycles. The Morgan fingerprint density at radius 2 is 1.86 bits per heavy atom. The highest BCUT2D eigenvalue weighted by molar-refractivity contribution is 6.30. The van der Waals surface area contributed by atoms with Crippen LogP contribution < -0.4 is 10.2 Å². The lowest BCUT2D eigenvalue weighted by Crippen LogP contribution is -2.46. The predicted molar refractivity (Wildman–Crippen MR) is 112 cm³/mol. The molecule has 6 nitrogen and oxygen atoms in total. The zero-order valence-electron chi connectivity index (χ0n) is 15.9. The molecular weight excluding hydrogens is 392 g/mol. The SMILES string of the molecule is COc1ccc2[nH]cc(C(=O)N3CCC(O)(c4ccc(Cl)cc4)CC3)c(=O)c2c1. The first-order valence-corrected chi connectivity index (χ1v) is 9.76. The molecule has 2 N–H and O–H groups in total. The lowest BCUT2D eigenvalue weighted by atomic mass is 9.84. The van der Waals surface area contributed by atoms with Crippen LogP contribution in [0.2, 0.25) is 5.02 Å². The minimum atomic E-state index is -1.01. The molecule has 0 saturated carbocycles. The van der Waals surface area contributed by atoms with E-state index < -0.39 is 5.60 Å². The average Bonchev–Trinajstić information content (AvgIpc) is 2.74. The molecule has 4 rings (SSSR count). The summed E-state index contributed by atoms with van der Waals surface area (Å²) >= 11 is 5.93. The standard InChI is InChI=1S/C22H21ClN2O4/c1-29-16-6-7-19-17(12-16)20(26)18(13-24-19)21(27)25-10-8-22(28,9-11-25)14-2-4-15(23)5-3-14/h2-7,12-13,28H,8-11H2,1H3,(H,24,26). The van der Waals surface area contributed by atoms with Crippen LogP contribution >= 0.6 is 11.6 Å². The molecule has 0 unspecified atom stereocenters. The minimum absolute atomic E-state index is 0.0858. The van der Waals surface area contributed by atoms with E-state index in [1.54, 1.807) is 47.4 Å². The van der Waals surface area contributed by atoms with Gasteiger partial charge in [0.05, 0.1) is 12.7 Å². The van der Waals surface area contributed by atoms with Crippen LogP contribution in [0.4, 0.5) is 0 Å². The molecule has 3 aromatic rings. The van der Waals surface area contributed by atoms with E-state index in [-0.39, 0.29) is 16.9 Å². The van der Waals surface area contributed by atoms with E-state index in [4.69, 9.17) is 16.3 Å². The Balaban J connectivity index is 1.56. The number of rotatable bonds is 3. The Labute approximate surface area is 172 Å². The van der Waals surface area contributed by atoms with Gasteiger partial charge in [0.25, 0.3) is 5.91 Å². The second-order valence-electron chi connectivity index (χ2n) is 7.27.